The zero-order valence-electron chi connectivity index (χ0n) is 25.8. The third-order valence-electron chi connectivity index (χ3n) is 8.33. The largest absolute Gasteiger partial charge is 0.265 e. The Hall–Kier alpha value is -6.66. The highest BCUT2D eigenvalue weighted by Crippen LogP contribution is 2.34. The van der Waals surface area contributed by atoms with E-state index in [0.29, 0.717) is 5.82 Å². The summed E-state index contributed by atoms with van der Waals surface area (Å²) in [6.07, 6.45) is 14.5. The summed E-state index contributed by atoms with van der Waals surface area (Å²) in [7, 11) is 0. The first kappa shape index (κ1) is 28.8. The molecule has 0 saturated heterocycles. The number of rotatable bonds is 7. The summed E-state index contributed by atoms with van der Waals surface area (Å²) in [5.74, 6) is 0.644. The summed E-state index contributed by atoms with van der Waals surface area (Å²) >= 11 is 0. The number of hydrogen-bond donors (Lipinski definition) is 0. The fourth-order valence-electron chi connectivity index (χ4n) is 5.81. The van der Waals surface area contributed by atoms with Gasteiger partial charge in [-0.25, -0.2) is 9.97 Å². The van der Waals surface area contributed by atoms with E-state index in [0.717, 1.165) is 72.6 Å². The molecule has 0 saturated carbocycles. The molecule has 0 aliphatic heterocycles. The second-order valence-electron chi connectivity index (χ2n) is 11.4. The topological polar surface area (TPSA) is 77.3 Å². The molecule has 0 fully saturated rings. The van der Waals surface area contributed by atoms with Crippen LogP contribution in [0.4, 0.5) is 0 Å². The molecule has 8 rings (SSSR count). The van der Waals surface area contributed by atoms with Crippen molar-refractivity contribution >= 4 is 0 Å². The lowest BCUT2D eigenvalue weighted by molar-refractivity contribution is 1.18. The molecule has 0 amide bonds. The van der Waals surface area contributed by atoms with E-state index in [-0.39, 0.29) is 0 Å². The first-order chi connectivity index (χ1) is 23.8. The molecule has 5 aromatic heterocycles. The molecule has 0 aliphatic carbocycles. The van der Waals surface area contributed by atoms with Crippen molar-refractivity contribution in [2.45, 2.75) is 0 Å². The second-order valence-corrected chi connectivity index (χ2v) is 11.4. The van der Waals surface area contributed by atoms with Gasteiger partial charge in [0.2, 0.25) is 0 Å². The smallest absolute Gasteiger partial charge is 0.160 e. The van der Waals surface area contributed by atoms with Crippen molar-refractivity contribution in [1.82, 2.24) is 29.9 Å². The lowest BCUT2D eigenvalue weighted by Gasteiger charge is -2.13. The first-order valence-corrected chi connectivity index (χ1v) is 15.6. The molecular formula is C42H28N6. The predicted octanol–water partition coefficient (Wildman–Crippen LogP) is 9.73. The molecule has 0 N–H and O–H groups in total. The fraction of sp³-hybridized carbons (Fsp3) is 0. The minimum Gasteiger partial charge on any atom is -0.265 e. The molecule has 0 aliphatic rings. The predicted molar refractivity (Wildman–Crippen MR) is 191 cm³/mol. The van der Waals surface area contributed by atoms with E-state index in [2.05, 4.69) is 92.7 Å². The number of aromatic nitrogens is 6. The van der Waals surface area contributed by atoms with Crippen molar-refractivity contribution in [2.24, 2.45) is 0 Å². The van der Waals surface area contributed by atoms with Gasteiger partial charge in [0.25, 0.3) is 0 Å². The Labute approximate surface area is 278 Å². The van der Waals surface area contributed by atoms with Gasteiger partial charge in [0.1, 0.15) is 0 Å². The zero-order valence-corrected chi connectivity index (χ0v) is 25.8. The summed E-state index contributed by atoms with van der Waals surface area (Å²) in [6.45, 7) is 0. The number of nitrogens with zero attached hydrogens (tertiary/aromatic N) is 6. The third kappa shape index (κ3) is 6.10. The van der Waals surface area contributed by atoms with Crippen LogP contribution in [0.1, 0.15) is 0 Å². The minimum absolute atomic E-state index is 0.644. The molecule has 0 unspecified atom stereocenters. The first-order valence-electron chi connectivity index (χ1n) is 15.6. The molecule has 3 aromatic carbocycles. The summed E-state index contributed by atoms with van der Waals surface area (Å²) in [5, 5.41) is 0. The van der Waals surface area contributed by atoms with E-state index in [1.165, 1.54) is 0 Å². The van der Waals surface area contributed by atoms with Crippen molar-refractivity contribution in [2.75, 3.05) is 0 Å². The van der Waals surface area contributed by atoms with E-state index < -0.39 is 0 Å². The van der Waals surface area contributed by atoms with Gasteiger partial charge in [0, 0.05) is 66.3 Å². The average molecular weight is 617 g/mol. The average Bonchev–Trinajstić information content (AvgIpc) is 3.19. The van der Waals surface area contributed by atoms with Crippen LogP contribution >= 0.6 is 0 Å². The normalized spacial score (nSPS) is 10.9. The maximum absolute atomic E-state index is 5.18. The number of hydrogen-bond acceptors (Lipinski definition) is 6. The molecular weight excluding hydrogens is 589 g/mol. The van der Waals surface area contributed by atoms with Crippen molar-refractivity contribution < 1.29 is 0 Å². The Morgan fingerprint density at radius 1 is 0.229 bits per heavy atom. The van der Waals surface area contributed by atoms with Crippen molar-refractivity contribution in [3.8, 4) is 78.4 Å². The van der Waals surface area contributed by atoms with Gasteiger partial charge in [0.05, 0.1) is 11.4 Å². The molecule has 6 nitrogen and oxygen atoms in total. The third-order valence-corrected chi connectivity index (χ3v) is 8.33. The molecule has 0 bridgehead atoms. The van der Waals surface area contributed by atoms with Crippen LogP contribution in [0.5, 0.6) is 0 Å². The standard InChI is InChI=1S/C42H28N6/c1-5-35(6-2-29(1)31-9-17-43-18-10-31)40-28-41(36-7-3-30(4-8-36)32-11-19-44-20-12-32)48-42(47-40)39-26-37(33-13-21-45-22-14-33)25-38(27-39)34-15-23-46-24-16-34/h1-28H. The second kappa shape index (κ2) is 13.0. The molecule has 5 heterocycles. The van der Waals surface area contributed by atoms with Crippen LogP contribution < -0.4 is 0 Å². The van der Waals surface area contributed by atoms with Gasteiger partial charge < -0.3 is 0 Å². The van der Waals surface area contributed by atoms with Crippen LogP contribution in [0.25, 0.3) is 78.4 Å². The maximum Gasteiger partial charge on any atom is 0.160 e. The van der Waals surface area contributed by atoms with Gasteiger partial charge in [-0.3, -0.25) is 19.9 Å². The molecule has 48 heavy (non-hydrogen) atoms. The quantitative estimate of drug-likeness (QED) is 0.177. The number of benzene rings is 3. The van der Waals surface area contributed by atoms with Gasteiger partial charge in [-0.1, -0.05) is 48.5 Å². The van der Waals surface area contributed by atoms with E-state index in [1.54, 1.807) is 0 Å². The minimum atomic E-state index is 0.644. The van der Waals surface area contributed by atoms with Gasteiger partial charge in [-0.05, 0) is 117 Å². The van der Waals surface area contributed by atoms with Crippen molar-refractivity contribution in [3.63, 3.8) is 0 Å². The van der Waals surface area contributed by atoms with E-state index in [4.69, 9.17) is 9.97 Å². The SMILES string of the molecule is c1cc(-c2ccc(-c3cc(-c4ccc(-c5ccncc5)cc4)nc(-c4cc(-c5ccncc5)cc(-c5ccncc5)c4)n3)cc2)ccn1. The zero-order chi connectivity index (χ0) is 32.1. The summed E-state index contributed by atoms with van der Waals surface area (Å²) < 4.78 is 0. The Bertz CT molecular complexity index is 2130. The summed E-state index contributed by atoms with van der Waals surface area (Å²) in [4.78, 5) is 27.2. The van der Waals surface area contributed by atoms with E-state index in [1.807, 2.05) is 98.1 Å². The summed E-state index contributed by atoms with van der Waals surface area (Å²) in [6, 6.07) is 41.7. The van der Waals surface area contributed by atoms with Crippen LogP contribution in [0.3, 0.4) is 0 Å². The highest BCUT2D eigenvalue weighted by molar-refractivity contribution is 5.81. The van der Waals surface area contributed by atoms with E-state index in [9.17, 15) is 0 Å². The molecule has 0 spiro atoms. The monoisotopic (exact) mass is 616 g/mol. The van der Waals surface area contributed by atoms with Crippen LogP contribution in [0, 0.1) is 0 Å². The Balaban J connectivity index is 1.28. The van der Waals surface area contributed by atoms with Crippen LogP contribution in [0.2, 0.25) is 0 Å². The highest BCUT2D eigenvalue weighted by atomic mass is 14.9. The Morgan fingerprint density at radius 3 is 0.854 bits per heavy atom. The van der Waals surface area contributed by atoms with Gasteiger partial charge in [0.15, 0.2) is 5.82 Å². The Morgan fingerprint density at radius 2 is 0.500 bits per heavy atom. The maximum atomic E-state index is 5.18. The lowest BCUT2D eigenvalue weighted by Crippen LogP contribution is -1.97. The molecule has 8 aromatic rings. The van der Waals surface area contributed by atoms with Gasteiger partial charge in [-0.15, -0.1) is 0 Å². The van der Waals surface area contributed by atoms with Crippen LogP contribution in [0.15, 0.2) is 171 Å². The molecule has 0 atom stereocenters. The Kier molecular flexibility index (Phi) is 7.79. The van der Waals surface area contributed by atoms with Crippen molar-refractivity contribution in [3.05, 3.63) is 171 Å². The van der Waals surface area contributed by atoms with E-state index >= 15 is 0 Å². The van der Waals surface area contributed by atoms with Crippen LogP contribution in [-0.4, -0.2) is 29.9 Å². The molecule has 0 radical (unpaired) electrons. The highest BCUT2D eigenvalue weighted by Gasteiger charge is 2.14. The molecule has 226 valence electrons. The summed E-state index contributed by atoms with van der Waals surface area (Å²) in [5.41, 5.74) is 13.3. The lowest BCUT2D eigenvalue weighted by atomic mass is 9.96. The number of pyridine rings is 4. The van der Waals surface area contributed by atoms with Crippen LogP contribution in [-0.2, 0) is 0 Å². The fourth-order valence-corrected chi connectivity index (χ4v) is 5.81. The van der Waals surface area contributed by atoms with Gasteiger partial charge >= 0.3 is 0 Å². The van der Waals surface area contributed by atoms with Gasteiger partial charge in [-0.2, -0.15) is 0 Å². The molecule has 6 heteroatoms. The van der Waals surface area contributed by atoms with Crippen molar-refractivity contribution in [1.29, 1.82) is 0 Å².